The lowest BCUT2D eigenvalue weighted by atomic mass is 9.63. The minimum absolute atomic E-state index is 0.0279. The number of benzene rings is 2. The van der Waals surface area contributed by atoms with Gasteiger partial charge >= 0.3 is 0 Å². The van der Waals surface area contributed by atoms with Crippen molar-refractivity contribution in [3.05, 3.63) is 82.9 Å². The Hall–Kier alpha value is -2.74. The van der Waals surface area contributed by atoms with Gasteiger partial charge in [0.05, 0.1) is 6.04 Å². The highest BCUT2D eigenvalue weighted by Gasteiger charge is 2.42. The van der Waals surface area contributed by atoms with Crippen LogP contribution >= 0.6 is 11.6 Å². The van der Waals surface area contributed by atoms with Crippen LogP contribution in [0.15, 0.2) is 61.2 Å². The van der Waals surface area contributed by atoms with Crippen LogP contribution in [0.3, 0.4) is 0 Å². The molecule has 0 bridgehead atoms. The van der Waals surface area contributed by atoms with Crippen LogP contribution in [-0.4, -0.2) is 57.3 Å². The predicted molar refractivity (Wildman–Crippen MR) is 163 cm³/mol. The third kappa shape index (κ3) is 7.02. The monoisotopic (exact) mass is 574 g/mol. The van der Waals surface area contributed by atoms with Gasteiger partial charge in [-0.15, -0.1) is 0 Å². The van der Waals surface area contributed by atoms with Gasteiger partial charge in [0.25, 0.3) is 0 Å². The molecule has 7 nitrogen and oxygen atoms in total. The van der Waals surface area contributed by atoms with Crippen LogP contribution in [0, 0.1) is 11.3 Å². The van der Waals surface area contributed by atoms with Gasteiger partial charge in [0, 0.05) is 30.7 Å². The lowest BCUT2D eigenvalue weighted by molar-refractivity contribution is -0.124. The van der Waals surface area contributed by atoms with E-state index in [1.54, 1.807) is 6.33 Å². The minimum Gasteiger partial charge on any atom is -0.350 e. The highest BCUT2D eigenvalue weighted by atomic mass is 35.5. The summed E-state index contributed by atoms with van der Waals surface area (Å²) in [5, 5.41) is 12.1. The maximum atomic E-state index is 13.6. The zero-order valence-electron chi connectivity index (χ0n) is 24.0. The maximum Gasteiger partial charge on any atom is 0.237 e. The first kappa shape index (κ1) is 28.4. The summed E-state index contributed by atoms with van der Waals surface area (Å²) in [7, 11) is 0. The van der Waals surface area contributed by atoms with Gasteiger partial charge in [-0.05, 0) is 91.8 Å². The van der Waals surface area contributed by atoms with Crippen molar-refractivity contribution in [2.75, 3.05) is 19.6 Å². The van der Waals surface area contributed by atoms with Crippen molar-refractivity contribution in [3.63, 3.8) is 0 Å². The van der Waals surface area contributed by atoms with Crippen LogP contribution in [0.2, 0.25) is 5.02 Å². The summed E-state index contributed by atoms with van der Waals surface area (Å²) in [5.74, 6) is 0.852. The van der Waals surface area contributed by atoms with Crippen LogP contribution in [0.1, 0.15) is 61.6 Å². The van der Waals surface area contributed by atoms with Crippen molar-refractivity contribution >= 4 is 17.5 Å². The lowest BCUT2D eigenvalue weighted by Crippen LogP contribution is -2.55. The normalized spacial score (nSPS) is 22.1. The smallest absolute Gasteiger partial charge is 0.237 e. The van der Waals surface area contributed by atoms with Crippen molar-refractivity contribution in [1.82, 2.24) is 30.3 Å². The van der Waals surface area contributed by atoms with Gasteiger partial charge in [-0.2, -0.15) is 5.10 Å². The molecule has 8 heteroatoms. The second kappa shape index (κ2) is 13.1. The predicted octanol–water partition coefficient (Wildman–Crippen LogP) is 5.04. The number of rotatable bonds is 9. The quantitative estimate of drug-likeness (QED) is 0.375. The summed E-state index contributed by atoms with van der Waals surface area (Å²) in [5.41, 5.74) is 4.03. The van der Waals surface area contributed by atoms with Crippen LogP contribution in [-0.2, 0) is 30.7 Å². The highest BCUT2D eigenvalue weighted by molar-refractivity contribution is 6.30. The number of carbonyl (C=O) groups excluding carboxylic acids is 1. The van der Waals surface area contributed by atoms with Crippen molar-refractivity contribution in [3.8, 4) is 0 Å². The standard InChI is InChI=1S/C33H43ClN6O/c34-29-12-10-25(11-13-29)18-30(38-32(41)31-19-26-6-4-5-7-27(26)20-36-31)21-39-16-14-33(15-17-39,22-40-24-35-23-37-40)28-8-2-1-3-9-28/h4-7,10-13,23-24,28,30-31,36H,1-3,8-9,14-22H2,(H,38,41)/t30-,31-/m0/s1. The van der Waals surface area contributed by atoms with Crippen LogP contribution in [0.5, 0.6) is 0 Å². The Balaban J connectivity index is 1.13. The van der Waals surface area contributed by atoms with E-state index in [2.05, 4.69) is 66.7 Å². The van der Waals surface area contributed by atoms with Gasteiger partial charge in [-0.25, -0.2) is 4.98 Å². The Morgan fingerprint density at radius 3 is 2.54 bits per heavy atom. The number of likely N-dealkylation sites (tertiary alicyclic amines) is 1. The van der Waals surface area contributed by atoms with E-state index in [1.165, 1.54) is 61.6 Å². The van der Waals surface area contributed by atoms with E-state index in [0.717, 1.165) is 56.5 Å². The second-order valence-corrected chi connectivity index (χ2v) is 13.0. The summed E-state index contributed by atoms with van der Waals surface area (Å²) < 4.78 is 2.06. The van der Waals surface area contributed by atoms with E-state index < -0.39 is 0 Å². The van der Waals surface area contributed by atoms with E-state index in [1.807, 2.05) is 18.5 Å². The van der Waals surface area contributed by atoms with E-state index >= 15 is 0 Å². The number of halogens is 1. The van der Waals surface area contributed by atoms with Gasteiger partial charge in [0.1, 0.15) is 12.7 Å². The summed E-state index contributed by atoms with van der Waals surface area (Å²) in [6.07, 6.45) is 14.1. The minimum atomic E-state index is -0.208. The average Bonchev–Trinajstić information content (AvgIpc) is 3.52. The number of amides is 1. The Morgan fingerprint density at radius 2 is 1.80 bits per heavy atom. The van der Waals surface area contributed by atoms with Crippen molar-refractivity contribution in [2.45, 2.75) is 83.0 Å². The van der Waals surface area contributed by atoms with Gasteiger partial charge in [0.2, 0.25) is 5.91 Å². The molecule has 2 fully saturated rings. The molecule has 6 rings (SSSR count). The fourth-order valence-corrected chi connectivity index (χ4v) is 7.67. The Kier molecular flexibility index (Phi) is 9.04. The number of hydrogen-bond donors (Lipinski definition) is 2. The number of aromatic nitrogens is 3. The molecule has 2 N–H and O–H groups in total. The number of piperidine rings is 1. The third-order valence-electron chi connectivity index (χ3n) is 9.88. The number of fused-ring (bicyclic) bond motifs is 1. The Morgan fingerprint density at radius 1 is 1.05 bits per heavy atom. The zero-order valence-corrected chi connectivity index (χ0v) is 24.7. The maximum absolute atomic E-state index is 13.6. The molecule has 2 aromatic carbocycles. The molecule has 1 aromatic heterocycles. The molecule has 0 unspecified atom stereocenters. The first-order valence-electron chi connectivity index (χ1n) is 15.5. The van der Waals surface area contributed by atoms with Gasteiger partial charge < -0.3 is 15.5 Å². The number of nitrogens with zero attached hydrogens (tertiary/aromatic N) is 4. The molecule has 0 radical (unpaired) electrons. The Bertz CT molecular complexity index is 1270. The van der Waals surface area contributed by atoms with Crippen LogP contribution in [0.25, 0.3) is 0 Å². The van der Waals surface area contributed by atoms with Crippen molar-refractivity contribution < 1.29 is 4.79 Å². The molecule has 1 aliphatic carbocycles. The highest BCUT2D eigenvalue weighted by Crippen LogP contribution is 2.47. The SMILES string of the molecule is O=C(N[C@@H](Cc1ccc(Cl)cc1)CN1CCC(Cn2cncn2)(C2CCCCC2)CC1)[C@@H]1Cc2ccccc2CN1. The molecule has 1 saturated carbocycles. The summed E-state index contributed by atoms with van der Waals surface area (Å²) in [4.78, 5) is 20.4. The first-order chi connectivity index (χ1) is 20.1. The van der Waals surface area contributed by atoms with Gasteiger partial charge in [-0.1, -0.05) is 67.3 Å². The fourth-order valence-electron chi connectivity index (χ4n) is 7.55. The fraction of sp³-hybridized carbons (Fsp3) is 0.545. The zero-order chi connectivity index (χ0) is 28.1. The molecule has 2 atom stereocenters. The van der Waals surface area contributed by atoms with E-state index in [9.17, 15) is 4.79 Å². The summed E-state index contributed by atoms with van der Waals surface area (Å²) in [6, 6.07) is 16.3. The van der Waals surface area contributed by atoms with E-state index in [0.29, 0.717) is 0 Å². The molecule has 3 aliphatic rings. The topological polar surface area (TPSA) is 75.1 Å². The summed E-state index contributed by atoms with van der Waals surface area (Å²) >= 11 is 6.18. The molecule has 1 saturated heterocycles. The molecular formula is C33H43ClN6O. The molecule has 218 valence electrons. The Labute approximate surface area is 249 Å². The van der Waals surface area contributed by atoms with Gasteiger partial charge in [0.15, 0.2) is 0 Å². The first-order valence-corrected chi connectivity index (χ1v) is 15.8. The molecule has 3 aromatic rings. The van der Waals surface area contributed by atoms with Crippen LogP contribution in [0.4, 0.5) is 0 Å². The second-order valence-electron chi connectivity index (χ2n) is 12.5. The average molecular weight is 575 g/mol. The van der Waals surface area contributed by atoms with Crippen molar-refractivity contribution in [2.24, 2.45) is 11.3 Å². The third-order valence-corrected chi connectivity index (χ3v) is 10.1. The summed E-state index contributed by atoms with van der Waals surface area (Å²) in [6.45, 7) is 4.64. The molecule has 1 amide bonds. The van der Waals surface area contributed by atoms with E-state index in [-0.39, 0.29) is 23.4 Å². The molecule has 3 heterocycles. The number of carbonyl (C=O) groups is 1. The molecule has 0 spiro atoms. The van der Waals surface area contributed by atoms with Gasteiger partial charge in [-0.3, -0.25) is 9.48 Å². The molecule has 41 heavy (non-hydrogen) atoms. The molecule has 2 aliphatic heterocycles. The largest absolute Gasteiger partial charge is 0.350 e. The molecular weight excluding hydrogens is 532 g/mol. The lowest BCUT2D eigenvalue weighted by Gasteiger charge is -2.48. The number of nitrogens with one attached hydrogen (secondary N) is 2. The van der Waals surface area contributed by atoms with E-state index in [4.69, 9.17) is 11.6 Å². The van der Waals surface area contributed by atoms with Crippen LogP contribution < -0.4 is 10.6 Å². The number of hydrogen-bond acceptors (Lipinski definition) is 5. The van der Waals surface area contributed by atoms with Crippen molar-refractivity contribution in [1.29, 1.82) is 0 Å².